The molecule has 0 spiro atoms. The molecule has 1 atom stereocenters. The van der Waals surface area contributed by atoms with E-state index in [4.69, 9.17) is 5.11 Å². The lowest BCUT2D eigenvalue weighted by molar-refractivity contribution is -0.384. The van der Waals surface area contributed by atoms with E-state index < -0.39 is 16.9 Å². The number of aliphatic carboxylic acids is 1. The van der Waals surface area contributed by atoms with E-state index in [1.165, 1.54) is 18.2 Å². The molecule has 1 aromatic rings. The lowest BCUT2D eigenvalue weighted by atomic mass is 10.1. The molecule has 0 saturated heterocycles. The van der Waals surface area contributed by atoms with E-state index in [1.807, 2.05) is 0 Å². The normalized spacial score (nSPS) is 12.1. The zero-order chi connectivity index (χ0) is 12.1. The van der Waals surface area contributed by atoms with Crippen LogP contribution in [0.5, 0.6) is 0 Å². The van der Waals surface area contributed by atoms with E-state index in [9.17, 15) is 14.9 Å². The number of benzene rings is 1. The molecule has 0 bridgehead atoms. The third-order valence-corrected chi connectivity index (χ3v) is 2.07. The number of nitrogens with one attached hydrogen (secondary N) is 1. The maximum absolute atomic E-state index is 10.9. The van der Waals surface area contributed by atoms with Crippen molar-refractivity contribution in [1.82, 2.24) is 5.32 Å². The monoisotopic (exact) mass is 224 g/mol. The van der Waals surface area contributed by atoms with Crippen LogP contribution in [0, 0.1) is 10.1 Å². The number of nitrogens with zero attached hydrogens (tertiary/aromatic N) is 1. The van der Waals surface area contributed by atoms with Crippen molar-refractivity contribution in [1.29, 1.82) is 0 Å². The summed E-state index contributed by atoms with van der Waals surface area (Å²) < 4.78 is 0. The van der Waals surface area contributed by atoms with E-state index in [1.54, 1.807) is 13.0 Å². The molecular weight excluding hydrogens is 212 g/mol. The molecule has 1 unspecified atom stereocenters. The summed E-state index contributed by atoms with van der Waals surface area (Å²) >= 11 is 0. The standard InChI is InChI=1S/C10H12N2O4/c1-2-11-9(10(13)14)7-4-3-5-8(6-7)12(15)16/h3-6,9,11H,2H2,1H3,(H,13,14). The second-order valence-corrected chi connectivity index (χ2v) is 3.18. The third-order valence-electron chi connectivity index (χ3n) is 2.07. The fourth-order valence-corrected chi connectivity index (χ4v) is 1.37. The smallest absolute Gasteiger partial charge is 0.325 e. The molecule has 6 heteroatoms. The van der Waals surface area contributed by atoms with Crippen LogP contribution in [0.1, 0.15) is 18.5 Å². The first-order valence-corrected chi connectivity index (χ1v) is 4.76. The first-order chi connectivity index (χ1) is 7.56. The van der Waals surface area contributed by atoms with Gasteiger partial charge in [-0.2, -0.15) is 0 Å². The van der Waals surface area contributed by atoms with Gasteiger partial charge in [0, 0.05) is 12.1 Å². The van der Waals surface area contributed by atoms with Crippen LogP contribution in [0.25, 0.3) is 0 Å². The quantitative estimate of drug-likeness (QED) is 0.581. The summed E-state index contributed by atoms with van der Waals surface area (Å²) in [5, 5.41) is 22.2. The van der Waals surface area contributed by atoms with E-state index in [2.05, 4.69) is 5.32 Å². The molecule has 16 heavy (non-hydrogen) atoms. The summed E-state index contributed by atoms with van der Waals surface area (Å²) in [6.45, 7) is 2.24. The van der Waals surface area contributed by atoms with Crippen LogP contribution >= 0.6 is 0 Å². The van der Waals surface area contributed by atoms with Gasteiger partial charge in [-0.15, -0.1) is 0 Å². The maximum atomic E-state index is 10.9. The van der Waals surface area contributed by atoms with Crippen LogP contribution in [-0.2, 0) is 4.79 Å². The Morgan fingerprint density at radius 3 is 2.81 bits per heavy atom. The Labute approximate surface area is 92.0 Å². The lowest BCUT2D eigenvalue weighted by Crippen LogP contribution is -2.28. The molecule has 0 aliphatic carbocycles. The van der Waals surface area contributed by atoms with Gasteiger partial charge < -0.3 is 10.4 Å². The Hall–Kier alpha value is -1.95. The molecule has 0 radical (unpaired) electrons. The third kappa shape index (κ3) is 2.77. The van der Waals surface area contributed by atoms with Crippen molar-refractivity contribution < 1.29 is 14.8 Å². The summed E-state index contributed by atoms with van der Waals surface area (Å²) in [7, 11) is 0. The number of rotatable bonds is 5. The predicted molar refractivity (Wildman–Crippen MR) is 57.1 cm³/mol. The van der Waals surface area contributed by atoms with Crippen molar-refractivity contribution in [3.05, 3.63) is 39.9 Å². The van der Waals surface area contributed by atoms with Crippen LogP contribution < -0.4 is 5.32 Å². The Bertz CT molecular complexity index is 406. The van der Waals surface area contributed by atoms with E-state index in [0.717, 1.165) is 0 Å². The molecule has 6 nitrogen and oxygen atoms in total. The first kappa shape index (κ1) is 12.1. The van der Waals surface area contributed by atoms with Crippen LogP contribution in [0.3, 0.4) is 0 Å². The minimum absolute atomic E-state index is 0.110. The maximum Gasteiger partial charge on any atom is 0.325 e. The molecule has 0 heterocycles. The zero-order valence-electron chi connectivity index (χ0n) is 8.71. The van der Waals surface area contributed by atoms with Gasteiger partial charge in [-0.05, 0) is 12.1 Å². The number of carboxylic acids is 1. The molecule has 0 fully saturated rings. The summed E-state index contributed by atoms with van der Waals surface area (Å²) in [6.07, 6.45) is 0. The van der Waals surface area contributed by atoms with Crippen LogP contribution in [-0.4, -0.2) is 22.5 Å². The van der Waals surface area contributed by atoms with E-state index in [0.29, 0.717) is 12.1 Å². The Morgan fingerprint density at radius 1 is 1.62 bits per heavy atom. The highest BCUT2D eigenvalue weighted by atomic mass is 16.6. The summed E-state index contributed by atoms with van der Waals surface area (Å²) in [4.78, 5) is 20.9. The molecule has 1 aromatic carbocycles. The molecule has 0 aromatic heterocycles. The Balaban J connectivity index is 3.04. The van der Waals surface area contributed by atoms with Crippen molar-refractivity contribution in [3.8, 4) is 0 Å². The number of likely N-dealkylation sites (N-methyl/N-ethyl adjacent to an activating group) is 1. The highest BCUT2D eigenvalue weighted by Crippen LogP contribution is 2.19. The van der Waals surface area contributed by atoms with Gasteiger partial charge in [0.1, 0.15) is 6.04 Å². The Kier molecular flexibility index (Phi) is 3.96. The second-order valence-electron chi connectivity index (χ2n) is 3.18. The summed E-state index contributed by atoms with van der Waals surface area (Å²) in [5.41, 5.74) is 0.269. The van der Waals surface area contributed by atoms with Gasteiger partial charge >= 0.3 is 5.97 Å². The number of nitro groups is 1. The van der Waals surface area contributed by atoms with Crippen LogP contribution in [0.4, 0.5) is 5.69 Å². The van der Waals surface area contributed by atoms with Crippen molar-refractivity contribution >= 4 is 11.7 Å². The number of nitro benzene ring substituents is 1. The molecule has 1 rings (SSSR count). The van der Waals surface area contributed by atoms with Gasteiger partial charge in [0.25, 0.3) is 5.69 Å². The molecular formula is C10H12N2O4. The molecule has 2 N–H and O–H groups in total. The fraction of sp³-hybridized carbons (Fsp3) is 0.300. The second kappa shape index (κ2) is 5.22. The van der Waals surface area contributed by atoms with Crippen LogP contribution in [0.15, 0.2) is 24.3 Å². The zero-order valence-corrected chi connectivity index (χ0v) is 8.71. The molecule has 0 aliphatic rings. The van der Waals surface area contributed by atoms with Crippen molar-refractivity contribution in [2.24, 2.45) is 0 Å². The molecule has 0 amide bonds. The van der Waals surface area contributed by atoms with Gasteiger partial charge in [-0.3, -0.25) is 14.9 Å². The van der Waals surface area contributed by atoms with Gasteiger partial charge in [-0.25, -0.2) is 0 Å². The van der Waals surface area contributed by atoms with Crippen LogP contribution in [0.2, 0.25) is 0 Å². The lowest BCUT2D eigenvalue weighted by Gasteiger charge is -2.12. The highest BCUT2D eigenvalue weighted by Gasteiger charge is 2.20. The molecule has 0 aliphatic heterocycles. The number of hydrogen-bond donors (Lipinski definition) is 2. The topological polar surface area (TPSA) is 92.5 Å². The van der Waals surface area contributed by atoms with Crippen molar-refractivity contribution in [2.45, 2.75) is 13.0 Å². The fourth-order valence-electron chi connectivity index (χ4n) is 1.37. The average Bonchev–Trinajstić information content (AvgIpc) is 2.25. The number of hydrogen-bond acceptors (Lipinski definition) is 4. The number of non-ortho nitro benzene ring substituents is 1. The van der Waals surface area contributed by atoms with Gasteiger partial charge in [-0.1, -0.05) is 19.1 Å². The molecule has 0 saturated carbocycles. The minimum atomic E-state index is -1.05. The highest BCUT2D eigenvalue weighted by molar-refractivity contribution is 5.75. The van der Waals surface area contributed by atoms with Crippen molar-refractivity contribution in [3.63, 3.8) is 0 Å². The Morgan fingerprint density at radius 2 is 2.31 bits per heavy atom. The summed E-state index contributed by atoms with van der Waals surface area (Å²) in [5.74, 6) is -1.05. The van der Waals surface area contributed by atoms with Crippen molar-refractivity contribution in [2.75, 3.05) is 6.54 Å². The van der Waals surface area contributed by atoms with Gasteiger partial charge in [0.2, 0.25) is 0 Å². The SMILES string of the molecule is CCNC(C(=O)O)c1cccc([N+](=O)[O-])c1. The minimum Gasteiger partial charge on any atom is -0.480 e. The number of carbonyl (C=O) groups is 1. The van der Waals surface area contributed by atoms with E-state index in [-0.39, 0.29) is 5.69 Å². The largest absolute Gasteiger partial charge is 0.480 e. The van der Waals surface area contributed by atoms with Gasteiger partial charge in [0.15, 0.2) is 0 Å². The summed E-state index contributed by atoms with van der Waals surface area (Å²) in [6, 6.07) is 4.70. The first-order valence-electron chi connectivity index (χ1n) is 4.76. The van der Waals surface area contributed by atoms with E-state index >= 15 is 0 Å². The average molecular weight is 224 g/mol. The predicted octanol–water partition coefficient (Wildman–Crippen LogP) is 1.33. The number of carboxylic acid groups (broad SMARTS) is 1. The van der Waals surface area contributed by atoms with Gasteiger partial charge in [0.05, 0.1) is 4.92 Å². The molecule has 86 valence electrons.